The molecular weight excluding hydrogens is 238 g/mol. The number of nitrogens with zero attached hydrogens (tertiary/aromatic N) is 1. The van der Waals surface area contributed by atoms with Crippen LogP contribution in [-0.2, 0) is 9.53 Å². The Labute approximate surface area is 105 Å². The Morgan fingerprint density at radius 2 is 2.41 bits per heavy atom. The van der Waals surface area contributed by atoms with Gasteiger partial charge >= 0.3 is 5.97 Å². The van der Waals surface area contributed by atoms with Gasteiger partial charge in [-0.05, 0) is 26.0 Å². The molecule has 6 heteroatoms. The summed E-state index contributed by atoms with van der Waals surface area (Å²) in [5.74, 6) is -0.304. The monoisotopic (exact) mass is 253 g/mol. The van der Waals surface area contributed by atoms with E-state index in [-0.39, 0.29) is 11.0 Å². The maximum atomic E-state index is 11.4. The average molecular weight is 253 g/mol. The molecule has 0 aliphatic rings. The third-order valence-corrected chi connectivity index (χ3v) is 2.24. The van der Waals surface area contributed by atoms with E-state index in [1.54, 1.807) is 32.2 Å². The van der Waals surface area contributed by atoms with Crippen molar-refractivity contribution in [3.63, 3.8) is 0 Å². The Morgan fingerprint density at radius 1 is 1.71 bits per heavy atom. The highest BCUT2D eigenvalue weighted by molar-refractivity contribution is 7.80. The molecule has 0 aliphatic heterocycles. The van der Waals surface area contributed by atoms with E-state index in [0.29, 0.717) is 12.3 Å². The summed E-state index contributed by atoms with van der Waals surface area (Å²) in [6, 6.07) is 2.99. The van der Waals surface area contributed by atoms with E-state index in [1.807, 2.05) is 0 Å². The number of nitrogens with two attached hydrogens (primary N) is 1. The van der Waals surface area contributed by atoms with Gasteiger partial charge in [0.25, 0.3) is 0 Å². The van der Waals surface area contributed by atoms with E-state index in [1.165, 1.54) is 0 Å². The number of carbonyl (C=O) groups is 1. The van der Waals surface area contributed by atoms with Gasteiger partial charge in [0.05, 0.1) is 12.3 Å². The fraction of sp³-hybridized carbons (Fsp3) is 0.364. The van der Waals surface area contributed by atoms with Gasteiger partial charge < -0.3 is 15.8 Å². The summed E-state index contributed by atoms with van der Waals surface area (Å²) in [7, 11) is 0. The molecule has 0 fully saturated rings. The van der Waals surface area contributed by atoms with Crippen LogP contribution in [0, 0.1) is 0 Å². The molecule has 0 aliphatic carbocycles. The molecule has 3 N–H and O–H groups in total. The number of rotatable bonds is 5. The van der Waals surface area contributed by atoms with Gasteiger partial charge in [-0.3, -0.25) is 4.98 Å². The van der Waals surface area contributed by atoms with Crippen molar-refractivity contribution >= 4 is 28.9 Å². The van der Waals surface area contributed by atoms with Crippen LogP contribution < -0.4 is 11.1 Å². The first-order valence-electron chi connectivity index (χ1n) is 5.23. The van der Waals surface area contributed by atoms with Crippen LogP contribution in [0.15, 0.2) is 18.3 Å². The molecule has 92 valence electrons. The Kier molecular flexibility index (Phi) is 4.84. The normalized spacial score (nSPS) is 11.6. The fourth-order valence-corrected chi connectivity index (χ4v) is 1.34. The Balaban J connectivity index is 2.71. The van der Waals surface area contributed by atoms with E-state index in [9.17, 15) is 4.79 Å². The van der Waals surface area contributed by atoms with Gasteiger partial charge in [0.1, 0.15) is 11.0 Å². The molecule has 1 rings (SSSR count). The predicted molar refractivity (Wildman–Crippen MR) is 69.8 cm³/mol. The van der Waals surface area contributed by atoms with Crippen LogP contribution in [0.25, 0.3) is 0 Å². The highest BCUT2D eigenvalue weighted by atomic mass is 32.1. The van der Waals surface area contributed by atoms with Crippen molar-refractivity contribution in [1.82, 2.24) is 4.98 Å². The van der Waals surface area contributed by atoms with E-state index in [0.717, 1.165) is 5.69 Å². The van der Waals surface area contributed by atoms with Crippen LogP contribution in [0.5, 0.6) is 0 Å². The molecule has 1 aromatic rings. The van der Waals surface area contributed by atoms with Gasteiger partial charge in [-0.1, -0.05) is 12.2 Å². The van der Waals surface area contributed by atoms with Crippen LogP contribution in [-0.4, -0.2) is 28.6 Å². The smallest absolute Gasteiger partial charge is 0.328 e. The maximum absolute atomic E-state index is 11.4. The number of ether oxygens (including phenoxy) is 1. The first-order chi connectivity index (χ1) is 8.04. The number of pyridine rings is 1. The SMILES string of the molecule is CCOC(=O)C(C)Nc1ccnc(C(N)=S)c1. The molecule has 17 heavy (non-hydrogen) atoms. The summed E-state index contributed by atoms with van der Waals surface area (Å²) in [5, 5.41) is 2.99. The van der Waals surface area contributed by atoms with Crippen molar-refractivity contribution in [1.29, 1.82) is 0 Å². The molecule has 0 saturated heterocycles. The number of aromatic nitrogens is 1. The number of carbonyl (C=O) groups excluding carboxylic acids is 1. The van der Waals surface area contributed by atoms with Crippen LogP contribution in [0.4, 0.5) is 5.69 Å². The summed E-state index contributed by atoms with van der Waals surface area (Å²) < 4.78 is 4.89. The van der Waals surface area contributed by atoms with Crippen LogP contribution in [0.1, 0.15) is 19.5 Å². The van der Waals surface area contributed by atoms with Gasteiger partial charge in [-0.25, -0.2) is 4.79 Å². The fourth-order valence-electron chi connectivity index (χ4n) is 1.23. The molecule has 1 atom stereocenters. The molecule has 5 nitrogen and oxygen atoms in total. The zero-order valence-electron chi connectivity index (χ0n) is 9.77. The number of hydrogen-bond donors (Lipinski definition) is 2. The number of anilines is 1. The summed E-state index contributed by atoms with van der Waals surface area (Å²) in [6.45, 7) is 3.85. The zero-order chi connectivity index (χ0) is 12.8. The summed E-state index contributed by atoms with van der Waals surface area (Å²) >= 11 is 4.82. The average Bonchev–Trinajstić information content (AvgIpc) is 2.29. The minimum atomic E-state index is -0.434. The standard InChI is InChI=1S/C11H15N3O2S/c1-3-16-11(15)7(2)14-8-4-5-13-9(6-8)10(12)17/h4-7H,3H2,1-2H3,(H2,12,17)(H,13,14). The first-order valence-corrected chi connectivity index (χ1v) is 5.64. The van der Waals surface area contributed by atoms with E-state index < -0.39 is 6.04 Å². The van der Waals surface area contributed by atoms with Crippen molar-refractivity contribution in [2.45, 2.75) is 19.9 Å². The number of thiocarbonyl (C=S) groups is 1. The van der Waals surface area contributed by atoms with Crippen LogP contribution in [0.2, 0.25) is 0 Å². The largest absolute Gasteiger partial charge is 0.464 e. The molecule has 0 radical (unpaired) electrons. The molecule has 0 bridgehead atoms. The summed E-state index contributed by atoms with van der Waals surface area (Å²) in [6.07, 6.45) is 1.58. The molecule has 1 unspecified atom stereocenters. The number of hydrogen-bond acceptors (Lipinski definition) is 5. The van der Waals surface area contributed by atoms with Crippen molar-refractivity contribution in [3.8, 4) is 0 Å². The Bertz CT molecular complexity index is 423. The predicted octanol–water partition coefficient (Wildman–Crippen LogP) is 1.08. The van der Waals surface area contributed by atoms with Crippen molar-refractivity contribution in [2.24, 2.45) is 5.73 Å². The highest BCUT2D eigenvalue weighted by Crippen LogP contribution is 2.10. The van der Waals surface area contributed by atoms with Crippen molar-refractivity contribution in [3.05, 3.63) is 24.0 Å². The lowest BCUT2D eigenvalue weighted by atomic mass is 10.2. The summed E-state index contributed by atoms with van der Waals surface area (Å²) in [5.41, 5.74) is 6.71. The molecule has 1 heterocycles. The summed E-state index contributed by atoms with van der Waals surface area (Å²) in [4.78, 5) is 15.6. The minimum Gasteiger partial charge on any atom is -0.464 e. The lowest BCUT2D eigenvalue weighted by molar-refractivity contribution is -0.143. The molecular formula is C11H15N3O2S. The van der Waals surface area contributed by atoms with Crippen molar-refractivity contribution in [2.75, 3.05) is 11.9 Å². The van der Waals surface area contributed by atoms with Gasteiger partial charge in [-0.2, -0.15) is 0 Å². The number of esters is 1. The van der Waals surface area contributed by atoms with Crippen LogP contribution >= 0.6 is 12.2 Å². The van der Waals surface area contributed by atoms with E-state index in [4.69, 9.17) is 22.7 Å². The van der Waals surface area contributed by atoms with Gasteiger partial charge in [-0.15, -0.1) is 0 Å². The van der Waals surface area contributed by atoms with Gasteiger partial charge in [0.2, 0.25) is 0 Å². The third-order valence-electron chi connectivity index (χ3n) is 2.04. The van der Waals surface area contributed by atoms with E-state index >= 15 is 0 Å². The third kappa shape index (κ3) is 3.99. The highest BCUT2D eigenvalue weighted by Gasteiger charge is 2.13. The second-order valence-electron chi connectivity index (χ2n) is 3.41. The Morgan fingerprint density at radius 3 is 3.00 bits per heavy atom. The quantitative estimate of drug-likeness (QED) is 0.604. The second kappa shape index (κ2) is 6.15. The second-order valence-corrected chi connectivity index (χ2v) is 3.85. The molecule has 1 aromatic heterocycles. The van der Waals surface area contributed by atoms with Crippen molar-refractivity contribution < 1.29 is 9.53 Å². The number of nitrogens with one attached hydrogen (secondary N) is 1. The molecule has 0 aromatic carbocycles. The lowest BCUT2D eigenvalue weighted by Crippen LogP contribution is -2.28. The van der Waals surface area contributed by atoms with Gasteiger partial charge in [0.15, 0.2) is 0 Å². The van der Waals surface area contributed by atoms with E-state index in [2.05, 4.69) is 10.3 Å². The maximum Gasteiger partial charge on any atom is 0.328 e. The molecule has 0 saturated carbocycles. The topological polar surface area (TPSA) is 77.2 Å². The Hall–Kier alpha value is -1.69. The van der Waals surface area contributed by atoms with Crippen LogP contribution in [0.3, 0.4) is 0 Å². The minimum absolute atomic E-state index is 0.220. The molecule has 0 spiro atoms. The zero-order valence-corrected chi connectivity index (χ0v) is 10.6. The lowest BCUT2D eigenvalue weighted by Gasteiger charge is -2.14. The van der Waals surface area contributed by atoms with Gasteiger partial charge in [0, 0.05) is 11.9 Å². The molecule has 0 amide bonds. The first kappa shape index (κ1) is 13.4.